The van der Waals surface area contributed by atoms with Crippen LogP contribution in [0.1, 0.15) is 5.56 Å². The van der Waals surface area contributed by atoms with Gasteiger partial charge in [0.15, 0.2) is 0 Å². The van der Waals surface area contributed by atoms with Crippen LogP contribution >= 0.6 is 23.2 Å². The van der Waals surface area contributed by atoms with Crippen LogP contribution in [-0.4, -0.2) is 16.7 Å². The summed E-state index contributed by atoms with van der Waals surface area (Å²) in [5.74, 6) is -1.22. The van der Waals surface area contributed by atoms with E-state index in [4.69, 9.17) is 23.2 Å². The maximum absolute atomic E-state index is 12.5. The Balaban J connectivity index is 1.94. The number of carbonyl (C=O) groups excluding carboxylic acids is 2. The minimum absolute atomic E-state index is 0.137. The zero-order valence-corrected chi connectivity index (χ0v) is 13.9. The predicted octanol–water partition coefficient (Wildman–Crippen LogP) is 3.36. The number of nitro groups is 1. The number of anilines is 1. The predicted molar refractivity (Wildman–Crippen MR) is 93.2 cm³/mol. The fourth-order valence-corrected chi connectivity index (χ4v) is 2.55. The van der Waals surface area contributed by atoms with Crippen molar-refractivity contribution < 1.29 is 14.5 Å². The number of nitrogens with one attached hydrogen (secondary N) is 1. The number of nitrogens with zero attached hydrogens (tertiary/aromatic N) is 2. The topological polar surface area (TPSA) is 92.6 Å². The van der Waals surface area contributed by atoms with Gasteiger partial charge in [-0.05, 0) is 29.8 Å². The maximum Gasteiger partial charge on any atom is 0.282 e. The molecule has 1 fully saturated rings. The summed E-state index contributed by atoms with van der Waals surface area (Å²) in [6.45, 7) is 0. The molecule has 1 aliphatic heterocycles. The number of hydrazine groups is 1. The van der Waals surface area contributed by atoms with E-state index in [0.29, 0.717) is 16.3 Å². The highest BCUT2D eigenvalue weighted by Crippen LogP contribution is 2.29. The number of hydrogen-bond acceptors (Lipinski definition) is 4. The van der Waals surface area contributed by atoms with Crippen LogP contribution in [0.25, 0.3) is 6.08 Å². The summed E-state index contributed by atoms with van der Waals surface area (Å²) >= 11 is 11.8. The normalized spacial score (nSPS) is 15.6. The first-order valence-electron chi connectivity index (χ1n) is 6.93. The van der Waals surface area contributed by atoms with E-state index in [0.717, 1.165) is 5.01 Å². The molecule has 0 saturated carbocycles. The van der Waals surface area contributed by atoms with E-state index in [9.17, 15) is 19.7 Å². The summed E-state index contributed by atoms with van der Waals surface area (Å²) in [5, 5.41) is 12.4. The van der Waals surface area contributed by atoms with Crippen molar-refractivity contribution in [1.29, 1.82) is 0 Å². The molecule has 0 aliphatic carbocycles. The van der Waals surface area contributed by atoms with Gasteiger partial charge in [-0.25, -0.2) is 5.01 Å². The summed E-state index contributed by atoms with van der Waals surface area (Å²) in [5.41, 5.74) is 2.84. The van der Waals surface area contributed by atoms with Gasteiger partial charge in [0.25, 0.3) is 17.5 Å². The van der Waals surface area contributed by atoms with Crippen molar-refractivity contribution >= 4 is 52.5 Å². The minimum atomic E-state index is -0.623. The molecule has 0 unspecified atom stereocenters. The Labute approximate surface area is 151 Å². The number of nitro benzene ring substituents is 1. The van der Waals surface area contributed by atoms with Crippen molar-refractivity contribution in [2.24, 2.45) is 0 Å². The highest BCUT2D eigenvalue weighted by molar-refractivity contribution is 6.42. The van der Waals surface area contributed by atoms with Crippen molar-refractivity contribution in [3.05, 3.63) is 73.8 Å². The van der Waals surface area contributed by atoms with E-state index in [-0.39, 0.29) is 16.3 Å². The molecule has 2 aromatic carbocycles. The van der Waals surface area contributed by atoms with Crippen LogP contribution in [0, 0.1) is 10.1 Å². The molecule has 1 aliphatic rings. The average molecular weight is 378 g/mol. The number of non-ortho nitro benzene ring substituents is 1. The van der Waals surface area contributed by atoms with Crippen molar-refractivity contribution in [2.75, 3.05) is 5.01 Å². The number of benzene rings is 2. The van der Waals surface area contributed by atoms with Gasteiger partial charge in [0.2, 0.25) is 0 Å². The molecule has 0 atom stereocenters. The average Bonchev–Trinajstić information content (AvgIpc) is 2.86. The molecule has 0 aromatic heterocycles. The third kappa shape index (κ3) is 3.33. The van der Waals surface area contributed by atoms with E-state index in [2.05, 4.69) is 5.43 Å². The van der Waals surface area contributed by atoms with Gasteiger partial charge in [0.1, 0.15) is 5.57 Å². The van der Waals surface area contributed by atoms with Crippen LogP contribution in [-0.2, 0) is 9.59 Å². The van der Waals surface area contributed by atoms with Gasteiger partial charge in [-0.2, -0.15) is 0 Å². The van der Waals surface area contributed by atoms with E-state index in [1.54, 1.807) is 6.07 Å². The zero-order chi connectivity index (χ0) is 18.1. The van der Waals surface area contributed by atoms with Crippen LogP contribution in [0.5, 0.6) is 0 Å². The summed E-state index contributed by atoms with van der Waals surface area (Å²) in [4.78, 5) is 34.9. The fourth-order valence-electron chi connectivity index (χ4n) is 2.26. The molecule has 1 heterocycles. The Morgan fingerprint density at radius 2 is 1.84 bits per heavy atom. The standard InChI is InChI=1S/C16H9Cl2N3O4/c17-13-5-4-10(8-14(13)18)20-16(23)12(15(22)19-20)7-9-2-1-3-11(6-9)21(24)25/h1-8H,(H,19,22)/b12-7-. The van der Waals surface area contributed by atoms with Crippen LogP contribution in [0.3, 0.4) is 0 Å². The van der Waals surface area contributed by atoms with Gasteiger partial charge in [-0.15, -0.1) is 0 Å². The first kappa shape index (κ1) is 16.9. The highest BCUT2D eigenvalue weighted by Gasteiger charge is 2.34. The Morgan fingerprint density at radius 3 is 2.52 bits per heavy atom. The lowest BCUT2D eigenvalue weighted by Gasteiger charge is -2.15. The quantitative estimate of drug-likeness (QED) is 0.384. The first-order valence-corrected chi connectivity index (χ1v) is 7.69. The molecule has 1 saturated heterocycles. The fraction of sp³-hybridized carbons (Fsp3) is 0. The molecular formula is C16H9Cl2N3O4. The Kier molecular flexibility index (Phi) is 4.43. The largest absolute Gasteiger partial charge is 0.282 e. The molecule has 1 N–H and O–H groups in total. The summed E-state index contributed by atoms with van der Waals surface area (Å²) in [6.07, 6.45) is 1.29. The number of rotatable bonds is 3. The molecule has 0 radical (unpaired) electrons. The van der Waals surface area contributed by atoms with Gasteiger partial charge in [-0.3, -0.25) is 25.1 Å². The van der Waals surface area contributed by atoms with Gasteiger partial charge in [0, 0.05) is 12.1 Å². The number of amides is 2. The number of halogens is 2. The van der Waals surface area contributed by atoms with Crippen LogP contribution in [0.15, 0.2) is 48.0 Å². The molecule has 9 heteroatoms. The minimum Gasteiger partial charge on any atom is -0.267 e. The molecule has 25 heavy (non-hydrogen) atoms. The van der Waals surface area contributed by atoms with E-state index in [1.807, 2.05) is 0 Å². The van der Waals surface area contributed by atoms with Gasteiger partial charge in [0.05, 0.1) is 20.7 Å². The summed E-state index contributed by atoms with van der Waals surface area (Å²) < 4.78 is 0. The highest BCUT2D eigenvalue weighted by atomic mass is 35.5. The van der Waals surface area contributed by atoms with E-state index < -0.39 is 16.7 Å². The monoisotopic (exact) mass is 377 g/mol. The Bertz CT molecular complexity index is 943. The van der Waals surface area contributed by atoms with Crippen LogP contribution in [0.4, 0.5) is 11.4 Å². The molecule has 7 nitrogen and oxygen atoms in total. The van der Waals surface area contributed by atoms with Crippen molar-refractivity contribution in [3.8, 4) is 0 Å². The lowest BCUT2D eigenvalue weighted by atomic mass is 10.1. The second-order valence-electron chi connectivity index (χ2n) is 5.09. The van der Waals surface area contributed by atoms with Crippen molar-refractivity contribution in [2.45, 2.75) is 0 Å². The van der Waals surface area contributed by atoms with Gasteiger partial charge >= 0.3 is 0 Å². The molecule has 0 bridgehead atoms. The second-order valence-corrected chi connectivity index (χ2v) is 5.90. The molecule has 126 valence electrons. The lowest BCUT2D eigenvalue weighted by Crippen LogP contribution is -2.35. The van der Waals surface area contributed by atoms with Gasteiger partial charge in [-0.1, -0.05) is 35.3 Å². The zero-order valence-electron chi connectivity index (χ0n) is 12.4. The number of carbonyl (C=O) groups is 2. The molecule has 3 rings (SSSR count). The molecular weight excluding hydrogens is 369 g/mol. The lowest BCUT2D eigenvalue weighted by molar-refractivity contribution is -0.384. The van der Waals surface area contributed by atoms with E-state index >= 15 is 0 Å². The van der Waals surface area contributed by atoms with Gasteiger partial charge < -0.3 is 0 Å². The SMILES string of the molecule is O=C1NN(c2ccc(Cl)c(Cl)c2)C(=O)/C1=C\c1cccc([N+](=O)[O-])c1. The summed E-state index contributed by atoms with van der Waals surface area (Å²) in [6, 6.07) is 10.1. The second kappa shape index (κ2) is 6.54. The molecule has 2 aromatic rings. The molecule has 2 amide bonds. The first-order chi connectivity index (χ1) is 11.9. The Hall–Kier alpha value is -2.90. The number of hydrogen-bond donors (Lipinski definition) is 1. The molecule has 0 spiro atoms. The van der Waals surface area contributed by atoms with Crippen LogP contribution in [0.2, 0.25) is 10.0 Å². The maximum atomic E-state index is 12.5. The van der Waals surface area contributed by atoms with Crippen molar-refractivity contribution in [3.63, 3.8) is 0 Å². The van der Waals surface area contributed by atoms with Crippen molar-refractivity contribution in [1.82, 2.24) is 5.43 Å². The third-order valence-electron chi connectivity index (χ3n) is 3.44. The Morgan fingerprint density at radius 1 is 1.08 bits per heavy atom. The smallest absolute Gasteiger partial charge is 0.267 e. The third-order valence-corrected chi connectivity index (χ3v) is 4.18. The van der Waals surface area contributed by atoms with E-state index in [1.165, 1.54) is 42.5 Å². The summed E-state index contributed by atoms with van der Waals surface area (Å²) in [7, 11) is 0. The van der Waals surface area contributed by atoms with Crippen LogP contribution < -0.4 is 10.4 Å².